The number of hydrogen-bond donors (Lipinski definition) is 1. The molecule has 5 nitrogen and oxygen atoms in total. The summed E-state index contributed by atoms with van der Waals surface area (Å²) in [6.07, 6.45) is 4.92. The lowest BCUT2D eigenvalue weighted by atomic mass is 9.97. The van der Waals surface area contributed by atoms with Crippen LogP contribution in [0.25, 0.3) is 0 Å². The Balaban J connectivity index is 1.68. The minimum absolute atomic E-state index is 0.148. The molecule has 2 rings (SSSR count). The molecule has 0 unspecified atom stereocenters. The van der Waals surface area contributed by atoms with E-state index < -0.39 is 5.97 Å². The van der Waals surface area contributed by atoms with Crippen LogP contribution in [0.1, 0.15) is 38.5 Å². The van der Waals surface area contributed by atoms with Crippen molar-refractivity contribution in [2.24, 2.45) is 5.92 Å². The van der Waals surface area contributed by atoms with Gasteiger partial charge in [0, 0.05) is 26.1 Å². The number of nitrogens with zero attached hydrogens (tertiary/aromatic N) is 1. The zero-order chi connectivity index (χ0) is 13.0. The molecule has 2 aliphatic rings. The molecule has 2 saturated heterocycles. The first-order valence-electron chi connectivity index (χ1n) is 6.79. The van der Waals surface area contributed by atoms with E-state index in [0.717, 1.165) is 25.9 Å². The molecule has 1 N–H and O–H groups in total. The van der Waals surface area contributed by atoms with Crippen molar-refractivity contribution in [3.8, 4) is 0 Å². The van der Waals surface area contributed by atoms with Gasteiger partial charge in [-0.05, 0) is 32.1 Å². The Labute approximate surface area is 107 Å². The van der Waals surface area contributed by atoms with E-state index in [1.54, 1.807) is 4.90 Å². The van der Waals surface area contributed by atoms with E-state index >= 15 is 0 Å². The Morgan fingerprint density at radius 3 is 2.50 bits per heavy atom. The van der Waals surface area contributed by atoms with Crippen LogP contribution in [0.2, 0.25) is 0 Å². The molecule has 0 aromatic carbocycles. The van der Waals surface area contributed by atoms with Crippen LogP contribution < -0.4 is 0 Å². The van der Waals surface area contributed by atoms with Gasteiger partial charge in [0.25, 0.3) is 0 Å². The summed E-state index contributed by atoms with van der Waals surface area (Å²) in [5.41, 5.74) is 0. The van der Waals surface area contributed by atoms with Crippen LogP contribution in [0.15, 0.2) is 0 Å². The zero-order valence-electron chi connectivity index (χ0n) is 10.6. The summed E-state index contributed by atoms with van der Waals surface area (Å²) in [5, 5.41) is 8.89. The Bertz CT molecular complexity index is 304. The molecule has 2 fully saturated rings. The van der Waals surface area contributed by atoms with Crippen LogP contribution in [-0.4, -0.2) is 47.7 Å². The highest BCUT2D eigenvalue weighted by atomic mass is 16.5. The number of carboxylic acids is 1. The summed E-state index contributed by atoms with van der Waals surface area (Å²) in [5.74, 6) is -0.858. The zero-order valence-corrected chi connectivity index (χ0v) is 10.6. The minimum Gasteiger partial charge on any atom is -0.481 e. The molecule has 18 heavy (non-hydrogen) atoms. The molecule has 2 aliphatic heterocycles. The maximum Gasteiger partial charge on any atom is 0.306 e. The quantitative estimate of drug-likeness (QED) is 0.821. The number of carbonyl (C=O) groups is 2. The molecule has 0 spiro atoms. The topological polar surface area (TPSA) is 66.8 Å². The van der Waals surface area contributed by atoms with Gasteiger partial charge >= 0.3 is 5.97 Å². The number of aliphatic carboxylic acids is 1. The van der Waals surface area contributed by atoms with Gasteiger partial charge in [-0.25, -0.2) is 0 Å². The minimum atomic E-state index is -0.735. The van der Waals surface area contributed by atoms with Gasteiger partial charge < -0.3 is 14.7 Å². The van der Waals surface area contributed by atoms with Crippen LogP contribution in [-0.2, 0) is 14.3 Å². The number of hydrogen-bond acceptors (Lipinski definition) is 3. The SMILES string of the molecule is O=C(O)C1CCN(C(=O)CC[C@H]2CCCO2)CC1. The molecule has 102 valence electrons. The third-order valence-corrected chi connectivity index (χ3v) is 3.90. The van der Waals surface area contributed by atoms with Crippen molar-refractivity contribution in [1.82, 2.24) is 4.90 Å². The number of rotatable bonds is 4. The van der Waals surface area contributed by atoms with Crippen molar-refractivity contribution >= 4 is 11.9 Å². The van der Waals surface area contributed by atoms with Gasteiger partial charge in [-0.15, -0.1) is 0 Å². The standard InChI is InChI=1S/C13H21NO4/c15-12(4-3-11-2-1-9-18-11)14-7-5-10(6-8-14)13(16)17/h10-11H,1-9H2,(H,16,17)/t11-/m1/s1. The highest BCUT2D eigenvalue weighted by Crippen LogP contribution is 2.20. The summed E-state index contributed by atoms with van der Waals surface area (Å²) < 4.78 is 5.49. The van der Waals surface area contributed by atoms with E-state index in [1.165, 1.54) is 0 Å². The van der Waals surface area contributed by atoms with E-state index in [4.69, 9.17) is 9.84 Å². The molecule has 1 amide bonds. The molecule has 5 heteroatoms. The van der Waals surface area contributed by atoms with Crippen LogP contribution in [0.4, 0.5) is 0 Å². The Morgan fingerprint density at radius 1 is 1.22 bits per heavy atom. The molecule has 1 atom stereocenters. The Morgan fingerprint density at radius 2 is 1.94 bits per heavy atom. The van der Waals surface area contributed by atoms with Crippen molar-refractivity contribution in [3.63, 3.8) is 0 Å². The van der Waals surface area contributed by atoms with Gasteiger partial charge in [-0.2, -0.15) is 0 Å². The maximum absolute atomic E-state index is 12.0. The second-order valence-electron chi connectivity index (χ2n) is 5.17. The van der Waals surface area contributed by atoms with Gasteiger partial charge in [0.05, 0.1) is 12.0 Å². The normalized spacial score (nSPS) is 25.3. The summed E-state index contributed by atoms with van der Waals surface area (Å²) in [6, 6.07) is 0. The predicted molar refractivity (Wildman–Crippen MR) is 65.1 cm³/mol. The Kier molecular flexibility index (Phi) is 4.58. The lowest BCUT2D eigenvalue weighted by Gasteiger charge is -2.30. The van der Waals surface area contributed by atoms with E-state index in [2.05, 4.69) is 0 Å². The van der Waals surface area contributed by atoms with Crippen LogP contribution in [0.5, 0.6) is 0 Å². The van der Waals surface area contributed by atoms with Gasteiger partial charge in [0.1, 0.15) is 0 Å². The predicted octanol–water partition coefficient (Wildman–Crippen LogP) is 1.27. The number of carbonyl (C=O) groups excluding carboxylic acids is 1. The molecule has 0 aliphatic carbocycles. The van der Waals surface area contributed by atoms with Crippen molar-refractivity contribution < 1.29 is 19.4 Å². The fraction of sp³-hybridized carbons (Fsp3) is 0.846. The number of amides is 1. The summed E-state index contributed by atoms with van der Waals surface area (Å²) in [7, 11) is 0. The van der Waals surface area contributed by atoms with Gasteiger partial charge in [0.2, 0.25) is 5.91 Å². The summed E-state index contributed by atoms with van der Waals surface area (Å²) in [4.78, 5) is 24.6. The number of piperidine rings is 1. The van der Waals surface area contributed by atoms with Crippen molar-refractivity contribution in [2.75, 3.05) is 19.7 Å². The molecule has 0 aromatic rings. The fourth-order valence-corrected chi connectivity index (χ4v) is 2.69. The third-order valence-electron chi connectivity index (χ3n) is 3.90. The van der Waals surface area contributed by atoms with E-state index in [0.29, 0.717) is 32.4 Å². The first kappa shape index (κ1) is 13.3. The lowest BCUT2D eigenvalue weighted by Crippen LogP contribution is -2.40. The van der Waals surface area contributed by atoms with Gasteiger partial charge in [0.15, 0.2) is 0 Å². The van der Waals surface area contributed by atoms with Crippen LogP contribution >= 0.6 is 0 Å². The molecule has 2 heterocycles. The number of carboxylic acid groups (broad SMARTS) is 1. The highest BCUT2D eigenvalue weighted by molar-refractivity contribution is 5.77. The van der Waals surface area contributed by atoms with Gasteiger partial charge in [-0.3, -0.25) is 9.59 Å². The average Bonchev–Trinajstić information content (AvgIpc) is 2.89. The first-order chi connectivity index (χ1) is 8.66. The first-order valence-corrected chi connectivity index (χ1v) is 6.79. The lowest BCUT2D eigenvalue weighted by molar-refractivity contribution is -0.145. The molecule has 0 radical (unpaired) electrons. The van der Waals surface area contributed by atoms with E-state index in [-0.39, 0.29) is 17.9 Å². The number of likely N-dealkylation sites (tertiary alicyclic amines) is 1. The molecular formula is C13H21NO4. The monoisotopic (exact) mass is 255 g/mol. The Hall–Kier alpha value is -1.10. The fourth-order valence-electron chi connectivity index (χ4n) is 2.69. The molecule has 0 bridgehead atoms. The second-order valence-corrected chi connectivity index (χ2v) is 5.17. The molecule has 0 saturated carbocycles. The van der Waals surface area contributed by atoms with E-state index in [1.807, 2.05) is 0 Å². The maximum atomic E-state index is 12.0. The number of ether oxygens (including phenoxy) is 1. The van der Waals surface area contributed by atoms with E-state index in [9.17, 15) is 9.59 Å². The third kappa shape index (κ3) is 3.45. The largest absolute Gasteiger partial charge is 0.481 e. The molecular weight excluding hydrogens is 234 g/mol. The van der Waals surface area contributed by atoms with Crippen molar-refractivity contribution in [2.45, 2.75) is 44.6 Å². The highest BCUT2D eigenvalue weighted by Gasteiger charge is 2.27. The van der Waals surface area contributed by atoms with Gasteiger partial charge in [-0.1, -0.05) is 0 Å². The summed E-state index contributed by atoms with van der Waals surface area (Å²) in [6.45, 7) is 1.99. The van der Waals surface area contributed by atoms with Crippen LogP contribution in [0.3, 0.4) is 0 Å². The van der Waals surface area contributed by atoms with Crippen molar-refractivity contribution in [3.05, 3.63) is 0 Å². The van der Waals surface area contributed by atoms with Crippen molar-refractivity contribution in [1.29, 1.82) is 0 Å². The second kappa shape index (κ2) is 6.18. The smallest absolute Gasteiger partial charge is 0.306 e. The average molecular weight is 255 g/mol. The molecule has 0 aromatic heterocycles. The summed E-state index contributed by atoms with van der Waals surface area (Å²) >= 11 is 0. The van der Waals surface area contributed by atoms with Crippen LogP contribution in [0, 0.1) is 5.92 Å².